The van der Waals surface area contributed by atoms with Gasteiger partial charge >= 0.3 is 0 Å². The van der Waals surface area contributed by atoms with Crippen molar-refractivity contribution in [2.45, 2.75) is 13.0 Å². The van der Waals surface area contributed by atoms with Crippen molar-refractivity contribution in [3.63, 3.8) is 0 Å². The van der Waals surface area contributed by atoms with Crippen molar-refractivity contribution >= 4 is 9.84 Å². The van der Waals surface area contributed by atoms with E-state index in [0.29, 0.717) is 19.7 Å². The maximum atomic E-state index is 11.3. The molecule has 1 atom stereocenters. The summed E-state index contributed by atoms with van der Waals surface area (Å²) in [6.45, 7) is 4.96. The molecule has 0 amide bonds. The Bertz CT molecular complexity index is 279. The number of rotatable bonds is 5. The summed E-state index contributed by atoms with van der Waals surface area (Å²) in [5.74, 6) is 0.457. The molecule has 1 saturated heterocycles. The molecule has 1 rings (SSSR count). The van der Waals surface area contributed by atoms with E-state index < -0.39 is 9.84 Å². The van der Waals surface area contributed by atoms with Gasteiger partial charge in [0.1, 0.15) is 0 Å². The molecule has 0 aromatic rings. The summed E-state index contributed by atoms with van der Waals surface area (Å²) in [7, 11) is -2.86. The van der Waals surface area contributed by atoms with E-state index in [1.54, 1.807) is 6.92 Å². The summed E-state index contributed by atoms with van der Waals surface area (Å²) in [6, 6.07) is 0. The molecule has 6 heteroatoms. The predicted octanol–water partition coefficient (Wildman–Crippen LogP) is -0.919. The van der Waals surface area contributed by atoms with Crippen LogP contribution in [0.4, 0.5) is 0 Å². The van der Waals surface area contributed by atoms with Crippen LogP contribution < -0.4 is 5.73 Å². The van der Waals surface area contributed by atoms with Gasteiger partial charge in [0.15, 0.2) is 9.84 Å². The lowest BCUT2D eigenvalue weighted by Crippen LogP contribution is -2.47. The molecule has 0 aromatic carbocycles. The average Bonchev–Trinajstić information content (AvgIpc) is 2.27. The zero-order chi connectivity index (χ0) is 11.3. The van der Waals surface area contributed by atoms with E-state index in [9.17, 15) is 8.42 Å². The fourth-order valence-corrected chi connectivity index (χ4v) is 2.36. The Hall–Kier alpha value is -0.170. The molecule has 0 aromatic heterocycles. The second kappa shape index (κ2) is 5.79. The molecule has 90 valence electrons. The number of hydrogen-bond donors (Lipinski definition) is 1. The molecular formula is C9H20N2O3S. The van der Waals surface area contributed by atoms with Gasteiger partial charge in [-0.1, -0.05) is 6.92 Å². The highest BCUT2D eigenvalue weighted by Crippen LogP contribution is 2.04. The van der Waals surface area contributed by atoms with Gasteiger partial charge < -0.3 is 10.5 Å². The van der Waals surface area contributed by atoms with Crippen LogP contribution in [0.15, 0.2) is 0 Å². The zero-order valence-corrected chi connectivity index (χ0v) is 10.0. The smallest absolute Gasteiger partial charge is 0.151 e. The molecule has 0 aliphatic carbocycles. The standard InChI is InChI=1S/C9H20N2O3S/c1-2-15(12,13)6-4-11-3-5-14-9(7-10)8-11/h9H,2-8,10H2,1H3. The highest BCUT2D eigenvalue weighted by molar-refractivity contribution is 7.91. The molecule has 1 aliphatic rings. The first-order chi connectivity index (χ1) is 7.07. The summed E-state index contributed by atoms with van der Waals surface area (Å²) >= 11 is 0. The second-order valence-corrected chi connectivity index (χ2v) is 6.24. The molecule has 5 nitrogen and oxygen atoms in total. The van der Waals surface area contributed by atoms with Gasteiger partial charge in [0.05, 0.1) is 18.5 Å². The quantitative estimate of drug-likeness (QED) is 0.668. The topological polar surface area (TPSA) is 72.6 Å². The van der Waals surface area contributed by atoms with Crippen LogP contribution in [0.25, 0.3) is 0 Å². The molecule has 0 bridgehead atoms. The maximum Gasteiger partial charge on any atom is 0.151 e. The lowest BCUT2D eigenvalue weighted by Gasteiger charge is -2.32. The van der Waals surface area contributed by atoms with Gasteiger partial charge in [0, 0.05) is 31.9 Å². The van der Waals surface area contributed by atoms with E-state index in [1.807, 2.05) is 0 Å². The summed E-state index contributed by atoms with van der Waals surface area (Å²) in [4.78, 5) is 2.11. The summed E-state index contributed by atoms with van der Waals surface area (Å²) in [5, 5.41) is 0. The van der Waals surface area contributed by atoms with Gasteiger partial charge in [0.25, 0.3) is 0 Å². The van der Waals surface area contributed by atoms with Gasteiger partial charge in [0.2, 0.25) is 0 Å². The van der Waals surface area contributed by atoms with Crippen LogP contribution in [-0.2, 0) is 14.6 Å². The summed E-state index contributed by atoms with van der Waals surface area (Å²) in [6.07, 6.45) is 0.0584. The molecule has 1 unspecified atom stereocenters. The average molecular weight is 236 g/mol. The molecule has 1 aliphatic heterocycles. The van der Waals surface area contributed by atoms with Crippen LogP contribution in [0.1, 0.15) is 6.92 Å². The number of sulfone groups is 1. The van der Waals surface area contributed by atoms with Crippen molar-refractivity contribution < 1.29 is 13.2 Å². The van der Waals surface area contributed by atoms with Crippen LogP contribution in [-0.4, -0.2) is 63.7 Å². The first-order valence-electron chi connectivity index (χ1n) is 5.32. The van der Waals surface area contributed by atoms with Crippen molar-refractivity contribution in [3.8, 4) is 0 Å². The fraction of sp³-hybridized carbons (Fsp3) is 1.00. The minimum Gasteiger partial charge on any atom is -0.374 e. The lowest BCUT2D eigenvalue weighted by atomic mass is 10.3. The number of morpholine rings is 1. The van der Waals surface area contributed by atoms with Gasteiger partial charge in [-0.3, -0.25) is 4.90 Å². The molecule has 15 heavy (non-hydrogen) atoms. The minimum absolute atomic E-state index is 0.0584. The van der Waals surface area contributed by atoms with Crippen LogP contribution in [0.2, 0.25) is 0 Å². The Morgan fingerprint density at radius 2 is 2.27 bits per heavy atom. The van der Waals surface area contributed by atoms with E-state index >= 15 is 0 Å². The first-order valence-corrected chi connectivity index (χ1v) is 7.14. The third kappa shape index (κ3) is 4.46. The highest BCUT2D eigenvalue weighted by Gasteiger charge is 2.20. The molecule has 1 fully saturated rings. The number of nitrogens with two attached hydrogens (primary N) is 1. The highest BCUT2D eigenvalue weighted by atomic mass is 32.2. The maximum absolute atomic E-state index is 11.3. The number of nitrogens with zero attached hydrogens (tertiary/aromatic N) is 1. The predicted molar refractivity (Wildman–Crippen MR) is 59.6 cm³/mol. The molecule has 0 saturated carbocycles. The SMILES string of the molecule is CCS(=O)(=O)CCN1CCOC(CN)C1. The lowest BCUT2D eigenvalue weighted by molar-refractivity contribution is -0.0209. The third-order valence-electron chi connectivity index (χ3n) is 2.64. The Kier molecular flexibility index (Phi) is 4.98. The van der Waals surface area contributed by atoms with Gasteiger partial charge in [-0.2, -0.15) is 0 Å². The summed E-state index contributed by atoms with van der Waals surface area (Å²) < 4.78 is 28.0. The van der Waals surface area contributed by atoms with Crippen molar-refractivity contribution in [2.75, 3.05) is 44.3 Å². The first kappa shape index (κ1) is 12.9. The Morgan fingerprint density at radius 3 is 2.87 bits per heavy atom. The van der Waals surface area contributed by atoms with Gasteiger partial charge in [-0.05, 0) is 0 Å². The Balaban J connectivity index is 2.33. The molecular weight excluding hydrogens is 216 g/mol. The summed E-state index contributed by atoms with van der Waals surface area (Å²) in [5.41, 5.74) is 5.50. The largest absolute Gasteiger partial charge is 0.374 e. The van der Waals surface area contributed by atoms with Crippen molar-refractivity contribution in [2.24, 2.45) is 5.73 Å². The molecule has 0 spiro atoms. The van der Waals surface area contributed by atoms with Crippen LogP contribution >= 0.6 is 0 Å². The van der Waals surface area contributed by atoms with Crippen LogP contribution in [0.5, 0.6) is 0 Å². The third-order valence-corrected chi connectivity index (χ3v) is 4.33. The van der Waals surface area contributed by atoms with Crippen molar-refractivity contribution in [1.82, 2.24) is 4.90 Å². The normalized spacial score (nSPS) is 24.3. The van der Waals surface area contributed by atoms with E-state index in [-0.39, 0.29) is 17.6 Å². The van der Waals surface area contributed by atoms with Crippen molar-refractivity contribution in [3.05, 3.63) is 0 Å². The monoisotopic (exact) mass is 236 g/mol. The van der Waals surface area contributed by atoms with Crippen LogP contribution in [0, 0.1) is 0 Å². The molecule has 2 N–H and O–H groups in total. The minimum atomic E-state index is -2.86. The zero-order valence-electron chi connectivity index (χ0n) is 9.18. The second-order valence-electron chi connectivity index (χ2n) is 3.77. The van der Waals surface area contributed by atoms with Crippen LogP contribution in [0.3, 0.4) is 0 Å². The van der Waals surface area contributed by atoms with E-state index in [0.717, 1.165) is 13.1 Å². The van der Waals surface area contributed by atoms with E-state index in [4.69, 9.17) is 10.5 Å². The van der Waals surface area contributed by atoms with Gasteiger partial charge in [-0.15, -0.1) is 0 Å². The van der Waals surface area contributed by atoms with E-state index in [2.05, 4.69) is 4.90 Å². The Labute approximate surface area is 91.5 Å². The fourth-order valence-electron chi connectivity index (χ4n) is 1.54. The van der Waals surface area contributed by atoms with Gasteiger partial charge in [-0.25, -0.2) is 8.42 Å². The number of ether oxygens (including phenoxy) is 1. The number of hydrogen-bond acceptors (Lipinski definition) is 5. The molecule has 0 radical (unpaired) electrons. The Morgan fingerprint density at radius 1 is 1.53 bits per heavy atom. The van der Waals surface area contributed by atoms with Crippen molar-refractivity contribution in [1.29, 1.82) is 0 Å². The van der Waals surface area contributed by atoms with E-state index in [1.165, 1.54) is 0 Å². The molecule has 1 heterocycles.